The summed E-state index contributed by atoms with van der Waals surface area (Å²) in [6.45, 7) is 0. The van der Waals surface area contributed by atoms with Gasteiger partial charge in [0.25, 0.3) is 0 Å². The van der Waals surface area contributed by atoms with Crippen molar-refractivity contribution in [1.29, 1.82) is 0 Å². The van der Waals surface area contributed by atoms with Gasteiger partial charge in [-0.2, -0.15) is 0 Å². The first-order valence-corrected chi connectivity index (χ1v) is 19.2. The van der Waals surface area contributed by atoms with Gasteiger partial charge in [-0.05, 0) is 64.2 Å². The van der Waals surface area contributed by atoms with Gasteiger partial charge in [0, 0.05) is 27.1 Å². The van der Waals surface area contributed by atoms with Crippen molar-refractivity contribution < 1.29 is 0 Å². The van der Waals surface area contributed by atoms with Gasteiger partial charge in [0.1, 0.15) is 12.3 Å². The number of nitrogens with zero attached hydrogens (tertiary/aromatic N) is 3. The van der Waals surface area contributed by atoms with Crippen LogP contribution in [0, 0.1) is 0 Å². The Balaban J connectivity index is 1.19. The van der Waals surface area contributed by atoms with Gasteiger partial charge in [-0.25, -0.2) is 4.99 Å². The highest BCUT2D eigenvalue weighted by molar-refractivity contribution is 6.21. The molecule has 10 aromatic rings. The maximum Gasteiger partial charge on any atom is 0.206 e. The molecule has 0 saturated carbocycles. The van der Waals surface area contributed by atoms with Crippen molar-refractivity contribution in [2.24, 2.45) is 4.99 Å². The number of rotatable bonds is 5. The second-order valence-corrected chi connectivity index (χ2v) is 14.5. The Labute approximate surface area is 324 Å². The summed E-state index contributed by atoms with van der Waals surface area (Å²) in [5, 5.41) is 12.4. The van der Waals surface area contributed by atoms with Gasteiger partial charge in [0.15, 0.2) is 0 Å². The van der Waals surface area contributed by atoms with Gasteiger partial charge in [-0.15, -0.1) is 0 Å². The van der Waals surface area contributed by atoms with Crippen molar-refractivity contribution in [2.45, 2.75) is 12.3 Å². The Morgan fingerprint density at radius 1 is 0.393 bits per heavy atom. The van der Waals surface area contributed by atoms with Gasteiger partial charge in [0.2, 0.25) is 5.96 Å². The van der Waals surface area contributed by atoms with E-state index in [1.54, 1.807) is 0 Å². The molecule has 8 aromatic carbocycles. The zero-order valence-electron chi connectivity index (χ0n) is 30.5. The third-order valence-corrected chi connectivity index (χ3v) is 11.2. The van der Waals surface area contributed by atoms with Crippen LogP contribution in [0.1, 0.15) is 23.5 Å². The molecule has 0 amide bonds. The smallest absolute Gasteiger partial charge is 0.206 e. The maximum atomic E-state index is 5.42. The highest BCUT2D eigenvalue weighted by Gasteiger charge is 2.28. The van der Waals surface area contributed by atoms with Crippen molar-refractivity contribution in [3.05, 3.63) is 211 Å². The number of hydrogen-bond donors (Lipinski definition) is 2. The van der Waals surface area contributed by atoms with Crippen molar-refractivity contribution in [1.82, 2.24) is 19.8 Å². The Hall–Kier alpha value is -7.21. The number of aromatic nitrogens is 2. The van der Waals surface area contributed by atoms with E-state index in [2.05, 4.69) is 220 Å². The monoisotopic (exact) mass is 719 g/mol. The molecule has 3 heterocycles. The quantitative estimate of drug-likeness (QED) is 0.186. The zero-order valence-corrected chi connectivity index (χ0v) is 30.5. The summed E-state index contributed by atoms with van der Waals surface area (Å²) < 4.78 is 4.79. The Kier molecular flexibility index (Phi) is 7.64. The summed E-state index contributed by atoms with van der Waals surface area (Å²) in [6.07, 6.45) is -0.405. The molecule has 5 nitrogen and oxygen atoms in total. The molecule has 1 aliphatic rings. The van der Waals surface area contributed by atoms with Crippen LogP contribution in [0.4, 0.5) is 0 Å². The fraction of sp³-hybridized carbons (Fsp3) is 0.0392. The molecule has 2 unspecified atom stereocenters. The van der Waals surface area contributed by atoms with Gasteiger partial charge in [-0.1, -0.05) is 164 Å². The van der Waals surface area contributed by atoms with E-state index in [1.165, 1.54) is 49.3 Å². The summed E-state index contributed by atoms with van der Waals surface area (Å²) in [6, 6.07) is 71.7. The molecule has 0 spiro atoms. The van der Waals surface area contributed by atoms with E-state index < -0.39 is 0 Å². The van der Waals surface area contributed by atoms with Crippen LogP contribution >= 0.6 is 0 Å². The van der Waals surface area contributed by atoms with Crippen LogP contribution in [-0.4, -0.2) is 15.1 Å². The molecule has 56 heavy (non-hydrogen) atoms. The molecule has 11 rings (SSSR count). The lowest BCUT2D eigenvalue weighted by atomic mass is 9.97. The molecule has 2 aromatic heterocycles. The molecular weight excluding hydrogens is 683 g/mol. The van der Waals surface area contributed by atoms with Gasteiger partial charge < -0.3 is 9.88 Å². The Morgan fingerprint density at radius 3 is 1.59 bits per heavy atom. The second-order valence-electron chi connectivity index (χ2n) is 14.5. The average Bonchev–Trinajstić information content (AvgIpc) is 3.78. The van der Waals surface area contributed by atoms with Gasteiger partial charge in [0.05, 0.1) is 27.8 Å². The first kappa shape index (κ1) is 32.2. The highest BCUT2D eigenvalue weighted by Crippen LogP contribution is 2.41. The lowest BCUT2D eigenvalue weighted by Crippen LogP contribution is -2.47. The van der Waals surface area contributed by atoms with Crippen LogP contribution in [0.3, 0.4) is 0 Å². The van der Waals surface area contributed by atoms with Gasteiger partial charge >= 0.3 is 0 Å². The first-order chi connectivity index (χ1) is 27.8. The molecule has 2 atom stereocenters. The molecule has 0 radical (unpaired) electrons. The first-order valence-electron chi connectivity index (χ1n) is 19.2. The fourth-order valence-corrected chi connectivity index (χ4v) is 8.59. The van der Waals surface area contributed by atoms with Crippen molar-refractivity contribution >= 4 is 49.6 Å². The van der Waals surface area contributed by atoms with E-state index in [0.717, 1.165) is 39.3 Å². The van der Waals surface area contributed by atoms with Crippen molar-refractivity contribution in [2.75, 3.05) is 0 Å². The molecule has 266 valence electrons. The normalized spacial score (nSPS) is 15.7. The fourth-order valence-electron chi connectivity index (χ4n) is 8.59. The highest BCUT2D eigenvalue weighted by atomic mass is 15.4. The number of hydrogen-bond acceptors (Lipinski definition) is 3. The minimum Gasteiger partial charge on any atom is -0.336 e. The SMILES string of the molecule is c1ccc(-c2ccc(-n3c4ccccc4c4cc5c6ccccc6n(C6=NC(c7ccccc7)NC(c7ccccc7)N6)c5cc43)c(-c3ccccc3)c2)cc1. The topological polar surface area (TPSA) is 46.3 Å². The summed E-state index contributed by atoms with van der Waals surface area (Å²) in [4.78, 5) is 5.42. The number of para-hydroxylation sites is 2. The van der Waals surface area contributed by atoms with Crippen molar-refractivity contribution in [3.8, 4) is 27.9 Å². The molecule has 1 aliphatic heterocycles. The van der Waals surface area contributed by atoms with E-state index in [4.69, 9.17) is 4.99 Å². The Morgan fingerprint density at radius 2 is 0.929 bits per heavy atom. The molecule has 5 heteroatoms. The second kappa shape index (κ2) is 13.3. The molecule has 2 N–H and O–H groups in total. The van der Waals surface area contributed by atoms with Crippen LogP contribution in [-0.2, 0) is 0 Å². The predicted octanol–water partition coefficient (Wildman–Crippen LogP) is 12.0. The lowest BCUT2D eigenvalue weighted by molar-refractivity contribution is 0.403. The van der Waals surface area contributed by atoms with Crippen LogP contribution < -0.4 is 10.6 Å². The summed E-state index contributed by atoms with van der Waals surface area (Å²) in [5.74, 6) is 0.803. The summed E-state index contributed by atoms with van der Waals surface area (Å²) in [5.41, 5.74) is 12.6. The largest absolute Gasteiger partial charge is 0.336 e. The van der Waals surface area contributed by atoms with Gasteiger partial charge in [-0.3, -0.25) is 9.88 Å². The van der Waals surface area contributed by atoms with Crippen LogP contribution in [0.5, 0.6) is 0 Å². The van der Waals surface area contributed by atoms with Crippen LogP contribution in [0.15, 0.2) is 205 Å². The average molecular weight is 720 g/mol. The summed E-state index contributed by atoms with van der Waals surface area (Å²) in [7, 11) is 0. The number of aliphatic imine (C=N–C) groups is 1. The van der Waals surface area contributed by atoms with Crippen molar-refractivity contribution in [3.63, 3.8) is 0 Å². The lowest BCUT2D eigenvalue weighted by Gasteiger charge is -2.32. The number of nitrogens with one attached hydrogen (secondary N) is 2. The van der Waals surface area contributed by atoms with Crippen LogP contribution in [0.25, 0.3) is 71.6 Å². The number of benzene rings is 8. The standard InChI is InChI=1S/C51H37N5/c1-5-17-34(18-6-1)38-29-30-46(41(31-38)35-19-7-2-8-20-35)55-44-27-15-13-25-39(44)42-32-43-40-26-14-16-28-45(40)56(48(43)33-47(42)55)51-53-49(36-21-9-3-10-22-36)52-50(54-51)37-23-11-4-12-24-37/h1-33,49-50,52H,(H,53,54). The number of fused-ring (bicyclic) bond motifs is 6. The third kappa shape index (κ3) is 5.32. The molecular formula is C51H37N5. The summed E-state index contributed by atoms with van der Waals surface area (Å²) >= 11 is 0. The van der Waals surface area contributed by atoms with E-state index in [1.807, 2.05) is 0 Å². The molecule has 0 aliphatic carbocycles. The predicted molar refractivity (Wildman–Crippen MR) is 232 cm³/mol. The van der Waals surface area contributed by atoms with E-state index in [0.29, 0.717) is 0 Å². The minimum absolute atomic E-state index is 0.156. The maximum absolute atomic E-state index is 5.42. The van der Waals surface area contributed by atoms with E-state index in [9.17, 15) is 0 Å². The Bertz CT molecular complexity index is 3070. The molecule has 0 bridgehead atoms. The van der Waals surface area contributed by atoms with E-state index >= 15 is 0 Å². The molecule has 0 saturated heterocycles. The molecule has 0 fully saturated rings. The van der Waals surface area contributed by atoms with Crippen LogP contribution in [0.2, 0.25) is 0 Å². The zero-order chi connectivity index (χ0) is 37.0. The van der Waals surface area contributed by atoms with E-state index in [-0.39, 0.29) is 12.3 Å². The minimum atomic E-state index is -0.249. The third-order valence-electron chi connectivity index (χ3n) is 11.2.